The largest absolute Gasteiger partial charge is 0.218 e. The molecule has 2 heteroatoms. The van der Waals surface area contributed by atoms with Crippen molar-refractivity contribution in [1.29, 1.82) is 0 Å². The quantitative estimate of drug-likeness (QED) is 0.239. The van der Waals surface area contributed by atoms with Gasteiger partial charge in [0.25, 0.3) is 0 Å². The zero-order valence-corrected chi connectivity index (χ0v) is 20.7. The van der Waals surface area contributed by atoms with Crippen molar-refractivity contribution in [2.45, 2.75) is 26.3 Å². The summed E-state index contributed by atoms with van der Waals surface area (Å²) in [5.41, 5.74) is 12.4. The van der Waals surface area contributed by atoms with E-state index < -0.39 is 0 Å². The number of rotatable bonds is 1. The molecule has 0 atom stereocenters. The van der Waals surface area contributed by atoms with E-state index in [1.165, 1.54) is 50.3 Å². The standard InChI is InChI=1S/C34H30N2/c1-25-11-3-6-14-30(25)29-19-22-36-26(2)23-28-13-5-8-16-32(28)33-17-9-10-20-35(33)21-18-27-12-4-7-15-31(27)34(36)24-29/h3-17,19-20,22,24H,2,18,21,23H2,1H3/q+2. The number of fused-ring (bicyclic) bond motifs is 6. The Balaban J connectivity index is 1.58. The molecule has 2 nitrogen and oxygen atoms in total. The van der Waals surface area contributed by atoms with E-state index in [1.807, 2.05) is 0 Å². The molecule has 0 unspecified atom stereocenters. The van der Waals surface area contributed by atoms with Gasteiger partial charge in [0.1, 0.15) is 0 Å². The van der Waals surface area contributed by atoms with Gasteiger partial charge in [0.15, 0.2) is 24.6 Å². The van der Waals surface area contributed by atoms with Gasteiger partial charge < -0.3 is 0 Å². The van der Waals surface area contributed by atoms with Crippen molar-refractivity contribution in [3.05, 3.63) is 139 Å². The minimum Gasteiger partial charge on any atom is -0.198 e. The van der Waals surface area contributed by atoms with Crippen LogP contribution in [0.25, 0.3) is 39.3 Å². The second-order valence-corrected chi connectivity index (χ2v) is 9.57. The number of hydrogen-bond donors (Lipinski definition) is 0. The maximum Gasteiger partial charge on any atom is 0.218 e. The Morgan fingerprint density at radius 1 is 0.639 bits per heavy atom. The molecule has 5 aromatic rings. The van der Waals surface area contributed by atoms with Gasteiger partial charge >= 0.3 is 0 Å². The van der Waals surface area contributed by atoms with Crippen LogP contribution in [0.4, 0.5) is 0 Å². The molecule has 0 spiro atoms. The smallest absolute Gasteiger partial charge is 0.198 e. The average Bonchev–Trinajstić information content (AvgIpc) is 2.92. The van der Waals surface area contributed by atoms with Gasteiger partial charge in [-0.2, -0.15) is 9.13 Å². The lowest BCUT2D eigenvalue weighted by Gasteiger charge is -2.15. The van der Waals surface area contributed by atoms with E-state index >= 15 is 0 Å². The highest BCUT2D eigenvalue weighted by molar-refractivity contribution is 5.73. The first-order valence-corrected chi connectivity index (χ1v) is 12.6. The third-order valence-corrected chi connectivity index (χ3v) is 7.30. The van der Waals surface area contributed by atoms with E-state index in [2.05, 4.69) is 138 Å². The predicted octanol–water partition coefficient (Wildman–Crippen LogP) is 6.84. The van der Waals surface area contributed by atoms with Crippen LogP contribution in [0.15, 0.2) is 122 Å². The molecule has 0 bridgehead atoms. The summed E-state index contributed by atoms with van der Waals surface area (Å²) in [6.45, 7) is 7.69. The predicted molar refractivity (Wildman–Crippen MR) is 147 cm³/mol. The van der Waals surface area contributed by atoms with E-state index in [1.54, 1.807) is 0 Å². The maximum absolute atomic E-state index is 4.59. The summed E-state index contributed by atoms with van der Waals surface area (Å²) in [6, 6.07) is 37.2. The van der Waals surface area contributed by atoms with E-state index in [4.69, 9.17) is 0 Å². The third kappa shape index (κ3) is 4.05. The molecule has 2 aromatic heterocycles. The molecule has 1 aliphatic rings. The normalized spacial score (nSPS) is 12.9. The molecule has 0 saturated heterocycles. The Hall–Kier alpha value is -4.30. The lowest BCUT2D eigenvalue weighted by atomic mass is 9.95. The summed E-state index contributed by atoms with van der Waals surface area (Å²) >= 11 is 0. The summed E-state index contributed by atoms with van der Waals surface area (Å²) in [5.74, 6) is 0. The highest BCUT2D eigenvalue weighted by Crippen LogP contribution is 2.30. The van der Waals surface area contributed by atoms with E-state index in [-0.39, 0.29) is 0 Å². The number of allylic oxidation sites excluding steroid dienone is 1. The van der Waals surface area contributed by atoms with Crippen LogP contribution in [0.2, 0.25) is 0 Å². The Labute approximate surface area is 213 Å². The van der Waals surface area contributed by atoms with E-state index in [9.17, 15) is 0 Å². The van der Waals surface area contributed by atoms with Gasteiger partial charge in [-0.25, -0.2) is 0 Å². The molecular formula is C34H30N2+2. The molecule has 174 valence electrons. The molecule has 0 radical (unpaired) electrons. The molecule has 36 heavy (non-hydrogen) atoms. The molecular weight excluding hydrogens is 436 g/mol. The van der Waals surface area contributed by atoms with E-state index in [0.717, 1.165) is 25.1 Å². The fraction of sp³-hybridized carbons (Fsp3) is 0.118. The highest BCUT2D eigenvalue weighted by atomic mass is 15.0. The van der Waals surface area contributed by atoms with Gasteiger partial charge in [0, 0.05) is 36.2 Å². The molecule has 0 aliphatic carbocycles. The Kier molecular flexibility index (Phi) is 5.79. The van der Waals surface area contributed by atoms with Crippen molar-refractivity contribution < 1.29 is 9.13 Å². The summed E-state index contributed by atoms with van der Waals surface area (Å²) in [6.07, 6.45) is 6.12. The maximum atomic E-state index is 4.59. The Morgan fingerprint density at radius 2 is 1.31 bits per heavy atom. The first-order valence-electron chi connectivity index (χ1n) is 12.6. The number of nitrogens with zero attached hydrogens (tertiary/aromatic N) is 2. The number of benzene rings is 3. The average molecular weight is 467 g/mol. The van der Waals surface area contributed by atoms with Crippen molar-refractivity contribution in [3.8, 4) is 33.6 Å². The minimum atomic E-state index is 0.772. The zero-order valence-electron chi connectivity index (χ0n) is 20.7. The molecule has 6 rings (SSSR count). The van der Waals surface area contributed by atoms with Crippen LogP contribution in [0.5, 0.6) is 0 Å². The summed E-state index contributed by atoms with van der Waals surface area (Å²) in [4.78, 5) is 0. The van der Waals surface area contributed by atoms with Crippen molar-refractivity contribution in [2.75, 3.05) is 0 Å². The van der Waals surface area contributed by atoms with Crippen LogP contribution in [0.1, 0.15) is 16.7 Å². The van der Waals surface area contributed by atoms with Crippen molar-refractivity contribution in [2.24, 2.45) is 0 Å². The number of aryl methyl sites for hydroxylation is 3. The molecule has 0 N–H and O–H groups in total. The second kappa shape index (κ2) is 9.39. The number of pyridine rings is 2. The monoisotopic (exact) mass is 466 g/mol. The summed E-state index contributed by atoms with van der Waals surface area (Å²) in [5, 5.41) is 0. The van der Waals surface area contributed by atoms with Gasteiger partial charge in [-0.15, -0.1) is 0 Å². The van der Waals surface area contributed by atoms with Crippen molar-refractivity contribution in [1.82, 2.24) is 0 Å². The molecule has 0 saturated carbocycles. The Morgan fingerprint density at radius 3 is 2.11 bits per heavy atom. The minimum absolute atomic E-state index is 0.772. The second-order valence-electron chi connectivity index (χ2n) is 9.57. The zero-order chi connectivity index (χ0) is 24.5. The molecule has 3 heterocycles. The third-order valence-electron chi connectivity index (χ3n) is 7.30. The fourth-order valence-electron chi connectivity index (χ4n) is 5.42. The van der Waals surface area contributed by atoms with Gasteiger partial charge in [-0.3, -0.25) is 0 Å². The molecule has 0 amide bonds. The first-order chi connectivity index (χ1) is 17.7. The molecule has 1 aliphatic heterocycles. The number of aromatic nitrogens is 2. The Bertz CT molecular complexity index is 1590. The van der Waals surface area contributed by atoms with Gasteiger partial charge in [0.2, 0.25) is 11.4 Å². The van der Waals surface area contributed by atoms with Crippen LogP contribution >= 0.6 is 0 Å². The van der Waals surface area contributed by atoms with Crippen LogP contribution in [-0.4, -0.2) is 0 Å². The summed E-state index contributed by atoms with van der Waals surface area (Å²) in [7, 11) is 0. The molecule has 0 fully saturated rings. The highest BCUT2D eigenvalue weighted by Gasteiger charge is 2.25. The van der Waals surface area contributed by atoms with Gasteiger partial charge in [-0.05, 0) is 59.5 Å². The van der Waals surface area contributed by atoms with Crippen LogP contribution in [0, 0.1) is 6.92 Å². The number of hydrogen-bond acceptors (Lipinski definition) is 0. The van der Waals surface area contributed by atoms with Crippen LogP contribution < -0.4 is 9.13 Å². The fourth-order valence-corrected chi connectivity index (χ4v) is 5.42. The van der Waals surface area contributed by atoms with Crippen LogP contribution in [-0.2, 0) is 19.4 Å². The van der Waals surface area contributed by atoms with Crippen LogP contribution in [0.3, 0.4) is 0 Å². The SMILES string of the molecule is C=C1Cc2ccccc2-c2cccc[n+]2CCc2ccccc2-c2cc(-c3ccccc3C)cc[n+]21. The van der Waals surface area contributed by atoms with Crippen molar-refractivity contribution >= 4 is 5.70 Å². The van der Waals surface area contributed by atoms with Crippen molar-refractivity contribution in [3.63, 3.8) is 0 Å². The lowest BCUT2D eigenvalue weighted by Crippen LogP contribution is -2.38. The molecule has 3 aromatic carbocycles. The van der Waals surface area contributed by atoms with Gasteiger partial charge in [-0.1, -0.05) is 60.7 Å². The lowest BCUT2D eigenvalue weighted by molar-refractivity contribution is -0.685. The topological polar surface area (TPSA) is 7.76 Å². The first kappa shape index (κ1) is 22.2. The van der Waals surface area contributed by atoms with Gasteiger partial charge in [0.05, 0.1) is 12.0 Å². The summed E-state index contributed by atoms with van der Waals surface area (Å²) < 4.78 is 4.68. The van der Waals surface area contributed by atoms with E-state index in [0.29, 0.717) is 0 Å².